The van der Waals surface area contributed by atoms with E-state index in [0.717, 1.165) is 61.6 Å². The maximum atomic E-state index is 13.2. The zero-order chi connectivity index (χ0) is 17.6. The van der Waals surface area contributed by atoms with E-state index < -0.39 is 0 Å². The van der Waals surface area contributed by atoms with Crippen LogP contribution in [0.3, 0.4) is 0 Å². The van der Waals surface area contributed by atoms with Crippen LogP contribution in [0.25, 0.3) is 11.0 Å². The average Bonchev–Trinajstić information content (AvgIpc) is 3.26. The molecule has 5 nitrogen and oxygen atoms in total. The van der Waals surface area contributed by atoms with Gasteiger partial charge < -0.3 is 14.8 Å². The SMILES string of the molecule is O=C1N(c2ccccc2)CCC12CCN(c1nc3ccccc3[nH]1)CC2. The van der Waals surface area contributed by atoms with Crippen molar-refractivity contribution in [3.05, 3.63) is 54.6 Å². The number of imidazole rings is 1. The highest BCUT2D eigenvalue weighted by molar-refractivity contribution is 6.00. The zero-order valence-electron chi connectivity index (χ0n) is 14.7. The second-order valence-electron chi connectivity index (χ2n) is 7.39. The minimum absolute atomic E-state index is 0.196. The van der Waals surface area contributed by atoms with Gasteiger partial charge in [0.25, 0.3) is 0 Å². The highest BCUT2D eigenvalue weighted by Crippen LogP contribution is 2.43. The summed E-state index contributed by atoms with van der Waals surface area (Å²) in [4.78, 5) is 25.5. The number of nitrogens with one attached hydrogen (secondary N) is 1. The molecule has 1 aromatic heterocycles. The number of anilines is 2. The van der Waals surface area contributed by atoms with Gasteiger partial charge in [-0.15, -0.1) is 0 Å². The summed E-state index contributed by atoms with van der Waals surface area (Å²) >= 11 is 0. The van der Waals surface area contributed by atoms with Crippen molar-refractivity contribution < 1.29 is 4.79 Å². The first-order chi connectivity index (χ1) is 12.8. The van der Waals surface area contributed by atoms with Gasteiger partial charge in [0.05, 0.1) is 16.4 Å². The summed E-state index contributed by atoms with van der Waals surface area (Å²) in [6.07, 6.45) is 2.74. The Balaban J connectivity index is 1.33. The number of aromatic amines is 1. The molecule has 132 valence electrons. The quantitative estimate of drug-likeness (QED) is 0.771. The van der Waals surface area contributed by atoms with E-state index in [4.69, 9.17) is 4.98 Å². The van der Waals surface area contributed by atoms with Crippen LogP contribution in [-0.4, -0.2) is 35.5 Å². The van der Waals surface area contributed by atoms with Crippen LogP contribution in [0.15, 0.2) is 54.6 Å². The van der Waals surface area contributed by atoms with Crippen LogP contribution in [0.5, 0.6) is 0 Å². The number of fused-ring (bicyclic) bond motifs is 1. The Morgan fingerprint density at radius 1 is 0.885 bits per heavy atom. The fourth-order valence-corrected chi connectivity index (χ4v) is 4.37. The second kappa shape index (κ2) is 5.87. The number of carbonyl (C=O) groups excluding carboxylic acids is 1. The molecule has 2 aliphatic rings. The Bertz CT molecular complexity index is 908. The van der Waals surface area contributed by atoms with Gasteiger partial charge in [-0.2, -0.15) is 0 Å². The van der Waals surface area contributed by atoms with Gasteiger partial charge in [-0.05, 0) is 43.5 Å². The normalized spacial score (nSPS) is 19.6. The largest absolute Gasteiger partial charge is 0.342 e. The molecule has 0 bridgehead atoms. The molecule has 0 saturated carbocycles. The molecule has 0 unspecified atom stereocenters. The number of nitrogens with zero attached hydrogens (tertiary/aromatic N) is 3. The summed E-state index contributed by atoms with van der Waals surface area (Å²) in [7, 11) is 0. The zero-order valence-corrected chi connectivity index (χ0v) is 14.7. The van der Waals surface area contributed by atoms with E-state index in [9.17, 15) is 4.79 Å². The van der Waals surface area contributed by atoms with E-state index >= 15 is 0 Å². The van der Waals surface area contributed by atoms with Crippen LogP contribution >= 0.6 is 0 Å². The number of hydrogen-bond donors (Lipinski definition) is 1. The molecule has 3 heterocycles. The van der Waals surface area contributed by atoms with Gasteiger partial charge in [0.1, 0.15) is 0 Å². The van der Waals surface area contributed by atoms with Crippen LogP contribution in [0.1, 0.15) is 19.3 Å². The number of para-hydroxylation sites is 3. The number of hydrogen-bond acceptors (Lipinski definition) is 3. The Hall–Kier alpha value is -2.82. The number of aromatic nitrogens is 2. The first kappa shape index (κ1) is 15.4. The predicted octanol–water partition coefficient (Wildman–Crippen LogP) is 3.59. The summed E-state index contributed by atoms with van der Waals surface area (Å²) in [5.41, 5.74) is 2.89. The first-order valence-electron chi connectivity index (χ1n) is 9.32. The van der Waals surface area contributed by atoms with Crippen molar-refractivity contribution in [1.82, 2.24) is 9.97 Å². The summed E-state index contributed by atoms with van der Waals surface area (Å²) in [5, 5.41) is 0. The molecule has 0 aliphatic carbocycles. The number of piperidine rings is 1. The first-order valence-corrected chi connectivity index (χ1v) is 9.32. The number of amides is 1. The van der Waals surface area contributed by atoms with Gasteiger partial charge in [0, 0.05) is 25.3 Å². The van der Waals surface area contributed by atoms with E-state index in [0.29, 0.717) is 5.91 Å². The van der Waals surface area contributed by atoms with Crippen molar-refractivity contribution in [2.45, 2.75) is 19.3 Å². The molecule has 5 rings (SSSR count). The lowest BCUT2D eigenvalue weighted by Crippen LogP contribution is -2.45. The van der Waals surface area contributed by atoms with E-state index in [1.165, 1.54) is 0 Å². The minimum Gasteiger partial charge on any atom is -0.342 e. The van der Waals surface area contributed by atoms with E-state index in [1.807, 2.05) is 53.4 Å². The van der Waals surface area contributed by atoms with Crippen molar-refractivity contribution in [3.8, 4) is 0 Å². The van der Waals surface area contributed by atoms with Crippen LogP contribution in [-0.2, 0) is 4.79 Å². The Kier molecular flexibility index (Phi) is 3.48. The second-order valence-corrected chi connectivity index (χ2v) is 7.39. The maximum Gasteiger partial charge on any atom is 0.233 e. The molecule has 2 aromatic carbocycles. The predicted molar refractivity (Wildman–Crippen MR) is 103 cm³/mol. The van der Waals surface area contributed by atoms with Crippen molar-refractivity contribution in [3.63, 3.8) is 0 Å². The van der Waals surface area contributed by atoms with Crippen molar-refractivity contribution >= 4 is 28.6 Å². The highest BCUT2D eigenvalue weighted by atomic mass is 16.2. The number of carbonyl (C=O) groups is 1. The summed E-state index contributed by atoms with van der Waals surface area (Å²) in [6, 6.07) is 18.1. The number of rotatable bonds is 2. The number of H-pyrrole nitrogens is 1. The summed E-state index contributed by atoms with van der Waals surface area (Å²) in [6.45, 7) is 2.57. The Morgan fingerprint density at radius 2 is 1.58 bits per heavy atom. The van der Waals surface area contributed by atoms with Crippen LogP contribution in [0.2, 0.25) is 0 Å². The molecular weight excluding hydrogens is 324 g/mol. The Morgan fingerprint density at radius 3 is 2.35 bits per heavy atom. The van der Waals surface area contributed by atoms with Gasteiger partial charge >= 0.3 is 0 Å². The van der Waals surface area contributed by atoms with Crippen molar-refractivity contribution in [1.29, 1.82) is 0 Å². The third kappa shape index (κ3) is 2.38. The maximum absolute atomic E-state index is 13.2. The smallest absolute Gasteiger partial charge is 0.233 e. The highest BCUT2D eigenvalue weighted by Gasteiger charge is 2.48. The third-order valence-electron chi connectivity index (χ3n) is 5.98. The van der Waals surface area contributed by atoms with Gasteiger partial charge in [0.2, 0.25) is 11.9 Å². The number of benzene rings is 2. The van der Waals surface area contributed by atoms with Crippen molar-refractivity contribution in [2.75, 3.05) is 29.4 Å². The van der Waals surface area contributed by atoms with Crippen LogP contribution in [0.4, 0.5) is 11.6 Å². The van der Waals surface area contributed by atoms with Gasteiger partial charge in [-0.1, -0.05) is 30.3 Å². The molecule has 5 heteroatoms. The lowest BCUT2D eigenvalue weighted by Gasteiger charge is -2.37. The van der Waals surface area contributed by atoms with Gasteiger partial charge in [0.15, 0.2) is 0 Å². The molecule has 1 amide bonds. The van der Waals surface area contributed by atoms with E-state index in [2.05, 4.69) is 16.0 Å². The molecule has 2 aliphatic heterocycles. The monoisotopic (exact) mass is 346 g/mol. The fraction of sp³-hybridized carbons (Fsp3) is 0.333. The average molecular weight is 346 g/mol. The lowest BCUT2D eigenvalue weighted by atomic mass is 9.77. The Labute approximate surface area is 152 Å². The fourth-order valence-electron chi connectivity index (χ4n) is 4.37. The van der Waals surface area contributed by atoms with Crippen molar-refractivity contribution in [2.24, 2.45) is 5.41 Å². The molecule has 3 aromatic rings. The lowest BCUT2D eigenvalue weighted by molar-refractivity contribution is -0.126. The molecular formula is C21H22N4O. The molecule has 26 heavy (non-hydrogen) atoms. The van der Waals surface area contributed by atoms with E-state index in [1.54, 1.807) is 0 Å². The van der Waals surface area contributed by atoms with Crippen LogP contribution < -0.4 is 9.80 Å². The van der Waals surface area contributed by atoms with Crippen LogP contribution in [0, 0.1) is 5.41 Å². The molecule has 0 radical (unpaired) electrons. The molecule has 2 fully saturated rings. The molecule has 0 atom stereocenters. The summed E-state index contributed by atoms with van der Waals surface area (Å²) in [5.74, 6) is 1.22. The minimum atomic E-state index is -0.196. The molecule has 1 spiro atoms. The van der Waals surface area contributed by atoms with E-state index in [-0.39, 0.29) is 5.41 Å². The summed E-state index contributed by atoms with van der Waals surface area (Å²) < 4.78 is 0. The van der Waals surface area contributed by atoms with Gasteiger partial charge in [-0.3, -0.25) is 4.79 Å². The third-order valence-corrected chi connectivity index (χ3v) is 5.98. The molecule has 2 saturated heterocycles. The van der Waals surface area contributed by atoms with Gasteiger partial charge in [-0.25, -0.2) is 4.98 Å². The molecule has 1 N–H and O–H groups in total. The topological polar surface area (TPSA) is 52.2 Å². The standard InChI is InChI=1S/C21H22N4O/c26-19-21(12-15-25(19)16-6-2-1-3-7-16)10-13-24(14-11-21)20-22-17-8-4-5-9-18(17)23-20/h1-9H,10-15H2,(H,22,23).